The van der Waals surface area contributed by atoms with E-state index in [1.165, 1.54) is 5.69 Å². The molecule has 1 amide bonds. The normalized spacial score (nSPS) is 21.1. The number of benzene rings is 1. The summed E-state index contributed by atoms with van der Waals surface area (Å²) in [5.41, 5.74) is 8.98. The molecule has 37 heavy (non-hydrogen) atoms. The SMILES string of the molecule is CN1CCN(c2ccc(Nc3nc(NC4CCOC5(CC5)C4)c(-c4ccn[nH]4)nc3C(N)=O)cc2)CC1. The van der Waals surface area contributed by atoms with E-state index < -0.39 is 5.91 Å². The minimum absolute atomic E-state index is 0.0112. The van der Waals surface area contributed by atoms with Crippen LogP contribution in [0, 0.1) is 0 Å². The smallest absolute Gasteiger partial charge is 0.271 e. The molecule has 0 bridgehead atoms. The molecule has 2 aromatic heterocycles. The minimum Gasteiger partial charge on any atom is -0.375 e. The van der Waals surface area contributed by atoms with Gasteiger partial charge in [-0.1, -0.05) is 0 Å². The van der Waals surface area contributed by atoms with Crippen molar-refractivity contribution < 1.29 is 9.53 Å². The molecule has 0 radical (unpaired) electrons. The Balaban J connectivity index is 1.28. The highest BCUT2D eigenvalue weighted by atomic mass is 16.5. The summed E-state index contributed by atoms with van der Waals surface area (Å²) in [6.07, 6.45) is 5.64. The van der Waals surface area contributed by atoms with Crippen molar-refractivity contribution in [3.8, 4) is 11.4 Å². The molecule has 194 valence electrons. The van der Waals surface area contributed by atoms with Crippen molar-refractivity contribution in [1.82, 2.24) is 25.1 Å². The fourth-order valence-corrected chi connectivity index (χ4v) is 5.16. The van der Waals surface area contributed by atoms with E-state index >= 15 is 0 Å². The highest BCUT2D eigenvalue weighted by Gasteiger charge is 2.47. The number of rotatable bonds is 7. The minimum atomic E-state index is -0.653. The third-order valence-electron chi connectivity index (χ3n) is 7.53. The van der Waals surface area contributed by atoms with Gasteiger partial charge in [0, 0.05) is 56.4 Å². The maximum atomic E-state index is 12.4. The van der Waals surface area contributed by atoms with Crippen molar-refractivity contribution >= 4 is 28.9 Å². The van der Waals surface area contributed by atoms with E-state index in [1.54, 1.807) is 12.3 Å². The van der Waals surface area contributed by atoms with E-state index in [-0.39, 0.29) is 17.3 Å². The van der Waals surface area contributed by atoms with E-state index in [1.807, 2.05) is 12.1 Å². The number of hydrogen-bond acceptors (Lipinski definition) is 9. The van der Waals surface area contributed by atoms with Crippen molar-refractivity contribution in [2.24, 2.45) is 5.73 Å². The molecule has 4 heterocycles. The van der Waals surface area contributed by atoms with Crippen molar-refractivity contribution in [3.05, 3.63) is 42.2 Å². The Morgan fingerprint density at radius 1 is 1.11 bits per heavy atom. The van der Waals surface area contributed by atoms with Crippen LogP contribution in [0.2, 0.25) is 0 Å². The number of aromatic amines is 1. The van der Waals surface area contributed by atoms with Gasteiger partial charge in [0.2, 0.25) is 0 Å². The number of hydrogen-bond donors (Lipinski definition) is 4. The first-order chi connectivity index (χ1) is 18.0. The number of nitrogens with two attached hydrogens (primary N) is 1. The number of aromatic nitrogens is 4. The molecule has 1 spiro atoms. The van der Waals surface area contributed by atoms with Gasteiger partial charge in [0.25, 0.3) is 5.91 Å². The molecule has 1 aliphatic carbocycles. The van der Waals surface area contributed by atoms with Gasteiger partial charge in [-0.25, -0.2) is 9.97 Å². The second-order valence-electron chi connectivity index (χ2n) is 10.3. The van der Waals surface area contributed by atoms with Crippen molar-refractivity contribution in [3.63, 3.8) is 0 Å². The van der Waals surface area contributed by atoms with Gasteiger partial charge in [-0.3, -0.25) is 9.89 Å². The zero-order valence-corrected chi connectivity index (χ0v) is 21.0. The molecule has 6 rings (SSSR count). The summed E-state index contributed by atoms with van der Waals surface area (Å²) in [7, 11) is 2.15. The fraction of sp³-hybridized carbons (Fsp3) is 0.462. The zero-order chi connectivity index (χ0) is 25.4. The van der Waals surface area contributed by atoms with Gasteiger partial charge < -0.3 is 30.9 Å². The Morgan fingerprint density at radius 3 is 2.57 bits per heavy atom. The standard InChI is InChI=1S/C26H33N9O2/c1-34-11-13-35(14-12-34)19-4-2-17(3-5-19)29-25-22(23(27)36)31-21(20-6-10-28-33-20)24(32-25)30-18-7-15-37-26(16-18)8-9-26/h2-6,10,18H,7-9,11-16H2,1H3,(H2,27,36)(H,28,33)(H2,29,30,32). The van der Waals surface area contributed by atoms with Gasteiger partial charge >= 0.3 is 0 Å². The lowest BCUT2D eigenvalue weighted by molar-refractivity contribution is -0.00884. The monoisotopic (exact) mass is 503 g/mol. The number of anilines is 4. The summed E-state index contributed by atoms with van der Waals surface area (Å²) >= 11 is 0. The molecular formula is C26H33N9O2. The van der Waals surface area contributed by atoms with Gasteiger partial charge in [-0.2, -0.15) is 5.10 Å². The lowest BCUT2D eigenvalue weighted by atomic mass is 10.0. The molecule has 11 heteroatoms. The Kier molecular flexibility index (Phi) is 6.17. The molecular weight excluding hydrogens is 470 g/mol. The summed E-state index contributed by atoms with van der Waals surface area (Å²) in [6.45, 7) is 4.81. The van der Waals surface area contributed by atoms with Crippen LogP contribution < -0.4 is 21.3 Å². The third-order valence-corrected chi connectivity index (χ3v) is 7.53. The highest BCUT2D eigenvalue weighted by molar-refractivity contribution is 5.97. The number of nitrogens with one attached hydrogen (secondary N) is 3. The molecule has 11 nitrogen and oxygen atoms in total. The third kappa shape index (κ3) is 5.09. The Bertz CT molecular complexity index is 1250. The van der Waals surface area contributed by atoms with Crippen LogP contribution in [0.3, 0.4) is 0 Å². The molecule has 1 unspecified atom stereocenters. The summed E-state index contributed by atoms with van der Waals surface area (Å²) in [4.78, 5) is 26.6. The van der Waals surface area contributed by atoms with Crippen LogP contribution in [0.4, 0.5) is 23.0 Å². The number of carbonyl (C=O) groups excluding carboxylic acids is 1. The quantitative estimate of drug-likeness (QED) is 0.383. The summed E-state index contributed by atoms with van der Waals surface area (Å²) in [6, 6.07) is 10.1. The molecule has 1 saturated carbocycles. The van der Waals surface area contributed by atoms with Crippen molar-refractivity contribution in [2.45, 2.75) is 37.3 Å². The van der Waals surface area contributed by atoms with Gasteiger partial charge in [-0.05, 0) is 63.1 Å². The predicted octanol–water partition coefficient (Wildman–Crippen LogP) is 2.58. The summed E-state index contributed by atoms with van der Waals surface area (Å²) in [5.74, 6) is 0.242. The lowest BCUT2D eigenvalue weighted by Crippen LogP contribution is -2.44. The van der Waals surface area contributed by atoms with Gasteiger partial charge in [0.1, 0.15) is 5.69 Å². The topological polar surface area (TPSA) is 137 Å². The van der Waals surface area contributed by atoms with Crippen LogP contribution in [-0.2, 0) is 4.74 Å². The summed E-state index contributed by atoms with van der Waals surface area (Å²) < 4.78 is 5.99. The molecule has 3 aromatic rings. The fourth-order valence-electron chi connectivity index (χ4n) is 5.16. The Hall–Kier alpha value is -3.70. The van der Waals surface area contributed by atoms with Crippen molar-refractivity contribution in [1.29, 1.82) is 0 Å². The maximum Gasteiger partial charge on any atom is 0.271 e. The second kappa shape index (κ2) is 9.64. The zero-order valence-electron chi connectivity index (χ0n) is 21.0. The first-order valence-corrected chi connectivity index (χ1v) is 12.9. The highest BCUT2D eigenvalue weighted by Crippen LogP contribution is 2.47. The average Bonchev–Trinajstić information content (AvgIpc) is 3.40. The van der Waals surface area contributed by atoms with Crippen LogP contribution >= 0.6 is 0 Å². The number of ether oxygens (including phenoxy) is 1. The first kappa shape index (κ1) is 23.7. The number of H-pyrrole nitrogens is 1. The summed E-state index contributed by atoms with van der Waals surface area (Å²) in [5, 5.41) is 13.8. The van der Waals surface area contributed by atoms with Crippen LogP contribution in [0.15, 0.2) is 36.5 Å². The molecule has 3 fully saturated rings. The second-order valence-corrected chi connectivity index (χ2v) is 10.3. The lowest BCUT2D eigenvalue weighted by Gasteiger charge is -2.34. The number of likely N-dealkylation sites (N-methyl/N-ethyl adjacent to an activating group) is 1. The van der Waals surface area contributed by atoms with E-state index in [0.717, 1.165) is 57.5 Å². The number of amides is 1. The van der Waals surface area contributed by atoms with E-state index in [0.29, 0.717) is 29.6 Å². The van der Waals surface area contributed by atoms with Crippen LogP contribution in [0.5, 0.6) is 0 Å². The molecule has 3 aliphatic rings. The van der Waals surface area contributed by atoms with Crippen molar-refractivity contribution in [2.75, 3.05) is 55.4 Å². The molecule has 2 saturated heterocycles. The van der Waals surface area contributed by atoms with Gasteiger partial charge in [-0.15, -0.1) is 0 Å². The van der Waals surface area contributed by atoms with Gasteiger partial charge in [0.15, 0.2) is 17.3 Å². The molecule has 1 aromatic carbocycles. The number of piperazine rings is 1. The molecule has 5 N–H and O–H groups in total. The molecule has 2 aliphatic heterocycles. The van der Waals surface area contributed by atoms with Gasteiger partial charge in [0.05, 0.1) is 11.3 Å². The average molecular weight is 504 g/mol. The number of carbonyl (C=O) groups is 1. The Morgan fingerprint density at radius 2 is 1.89 bits per heavy atom. The van der Waals surface area contributed by atoms with E-state index in [2.05, 4.69) is 54.8 Å². The van der Waals surface area contributed by atoms with Crippen LogP contribution in [-0.4, -0.2) is 82.4 Å². The first-order valence-electron chi connectivity index (χ1n) is 12.9. The predicted molar refractivity (Wildman–Crippen MR) is 142 cm³/mol. The van der Waals surface area contributed by atoms with Crippen LogP contribution in [0.25, 0.3) is 11.4 Å². The maximum absolute atomic E-state index is 12.4. The van der Waals surface area contributed by atoms with E-state index in [9.17, 15) is 4.79 Å². The van der Waals surface area contributed by atoms with Crippen LogP contribution in [0.1, 0.15) is 36.2 Å². The number of primary amides is 1. The molecule has 1 atom stereocenters. The largest absolute Gasteiger partial charge is 0.375 e. The number of nitrogens with zero attached hydrogens (tertiary/aromatic N) is 5. The Labute approximate surface area is 215 Å². The van der Waals surface area contributed by atoms with E-state index in [4.69, 9.17) is 15.5 Å².